The van der Waals surface area contributed by atoms with Crippen LogP contribution in [0.25, 0.3) is 0 Å². The Morgan fingerprint density at radius 3 is 2.63 bits per heavy atom. The highest BCUT2D eigenvalue weighted by atomic mass is 35.5. The van der Waals surface area contributed by atoms with Crippen LogP contribution in [-0.2, 0) is 27.4 Å². The van der Waals surface area contributed by atoms with Crippen molar-refractivity contribution in [3.63, 3.8) is 0 Å². The maximum Gasteiger partial charge on any atom is 0.480 e. The van der Waals surface area contributed by atoms with Gasteiger partial charge in [-0.15, -0.1) is 0 Å². The Hall–Kier alpha value is -2.82. The standard InChI is InChI=1S/C23H29ClN6O11P2/c1-37-19-18(31)16(11-39-43(35,36)41-42(33,34)29-8-7-26-12-29)40-22(19)30-10-13(17-20(30)27-23(25)28-21(17)32)6-9-38-15-4-2-14(24)3-5-15/h2-5,7-8,12-13,16,18-19,22,31H,6,9-11H2,1H3,(H,33,34)(H,35,36)(H3,25,27,28,32)/t13?,16-,18-,19-,22-/m1/s1. The van der Waals surface area contributed by atoms with Crippen LogP contribution in [0.5, 0.6) is 11.6 Å². The summed E-state index contributed by atoms with van der Waals surface area (Å²) in [5, 5.41) is 22.2. The zero-order chi connectivity index (χ0) is 30.9. The van der Waals surface area contributed by atoms with Gasteiger partial charge in [0.2, 0.25) is 11.8 Å². The van der Waals surface area contributed by atoms with E-state index in [0.29, 0.717) is 27.1 Å². The van der Waals surface area contributed by atoms with Crippen LogP contribution in [0.1, 0.15) is 17.9 Å². The van der Waals surface area contributed by atoms with E-state index in [1.807, 2.05) is 0 Å². The fourth-order valence-corrected chi connectivity index (χ4v) is 7.38. The lowest BCUT2D eigenvalue weighted by Crippen LogP contribution is -2.45. The molecule has 43 heavy (non-hydrogen) atoms. The number of benzene rings is 1. The van der Waals surface area contributed by atoms with Crippen LogP contribution < -0.4 is 15.4 Å². The number of aromatic nitrogens is 4. The number of phosphoric ester groups is 1. The Balaban J connectivity index is 1.28. The highest BCUT2D eigenvalue weighted by Crippen LogP contribution is 2.60. The maximum absolute atomic E-state index is 12.5. The van der Waals surface area contributed by atoms with Gasteiger partial charge in [0, 0.05) is 37.0 Å². The number of nitrogens with two attached hydrogens (primary N) is 1. The van der Waals surface area contributed by atoms with E-state index in [0.717, 1.165) is 12.5 Å². The summed E-state index contributed by atoms with van der Waals surface area (Å²) in [6.07, 6.45) is -1.06. The van der Waals surface area contributed by atoms with Crippen LogP contribution in [0.15, 0.2) is 43.0 Å². The average Bonchev–Trinajstić information content (AvgIpc) is 3.67. The average molecular weight is 663 g/mol. The predicted octanol–water partition coefficient (Wildman–Crippen LogP) is 1.87. The number of hydrogen-bond donors (Lipinski definition) is 5. The van der Waals surface area contributed by atoms with Crippen molar-refractivity contribution in [3.05, 3.63) is 53.6 Å². The molecule has 20 heteroatoms. The molecule has 3 aromatic rings. The Kier molecular flexibility index (Phi) is 9.30. The molecule has 0 bridgehead atoms. The number of hydrogen-bond acceptors (Lipinski definition) is 14. The summed E-state index contributed by atoms with van der Waals surface area (Å²) in [6.45, 7) is -0.219. The molecule has 4 heterocycles. The molecule has 0 saturated carbocycles. The summed E-state index contributed by atoms with van der Waals surface area (Å²) >= 11 is 5.93. The lowest BCUT2D eigenvalue weighted by molar-refractivity contribution is -0.0222. The van der Waals surface area contributed by atoms with Crippen LogP contribution in [0.4, 0.5) is 11.8 Å². The van der Waals surface area contributed by atoms with Gasteiger partial charge in [-0.25, -0.2) is 18.5 Å². The summed E-state index contributed by atoms with van der Waals surface area (Å²) in [4.78, 5) is 33.5. The molecule has 1 saturated heterocycles. The molecule has 2 aromatic heterocycles. The molecular weight excluding hydrogens is 634 g/mol. The number of nitrogen functional groups attached to an aromatic ring is 1. The number of anilines is 2. The molecule has 234 valence electrons. The molecule has 0 aliphatic carbocycles. The van der Waals surface area contributed by atoms with Crippen molar-refractivity contribution < 1.29 is 52.2 Å². The van der Waals surface area contributed by atoms with Gasteiger partial charge < -0.3 is 44.8 Å². The lowest BCUT2D eigenvalue weighted by Gasteiger charge is -2.29. The molecule has 7 atom stereocenters. The van der Waals surface area contributed by atoms with Gasteiger partial charge in [0.1, 0.15) is 36.2 Å². The number of imidazole rings is 1. The monoisotopic (exact) mass is 662 g/mol. The van der Waals surface area contributed by atoms with Crippen molar-refractivity contribution in [1.29, 1.82) is 0 Å². The van der Waals surface area contributed by atoms with E-state index < -0.39 is 46.7 Å². The van der Waals surface area contributed by atoms with Crippen molar-refractivity contribution in [1.82, 2.24) is 19.3 Å². The molecule has 2 aliphatic rings. The number of ether oxygens (including phenoxy) is 3. The normalized spacial score (nSPS) is 26.2. The van der Waals surface area contributed by atoms with Crippen LogP contribution in [-0.4, -0.2) is 90.7 Å². The third-order valence-corrected chi connectivity index (χ3v) is 10.1. The first kappa shape index (κ1) is 31.6. The fraction of sp³-hybridized carbons (Fsp3) is 0.435. The fourth-order valence-electron chi connectivity index (χ4n) is 4.90. The molecule has 2 aliphatic heterocycles. The van der Waals surface area contributed by atoms with Gasteiger partial charge in [-0.3, -0.25) is 4.52 Å². The largest absolute Gasteiger partial charge is 0.494 e. The molecular formula is C23H29ClN6O11P2. The molecule has 5 rings (SSSR count). The Bertz CT molecular complexity index is 1520. The van der Waals surface area contributed by atoms with Crippen LogP contribution >= 0.6 is 27.2 Å². The minimum absolute atomic E-state index is 0.198. The van der Waals surface area contributed by atoms with Gasteiger partial charge >= 0.3 is 15.6 Å². The van der Waals surface area contributed by atoms with Crippen LogP contribution in [0, 0.1) is 0 Å². The second-order valence-corrected chi connectivity index (χ2v) is 13.3. The summed E-state index contributed by atoms with van der Waals surface area (Å²) in [7, 11) is -8.60. The second-order valence-electron chi connectivity index (χ2n) is 9.62. The molecule has 1 fully saturated rings. The summed E-state index contributed by atoms with van der Waals surface area (Å²) in [5.74, 6) is -0.00563. The minimum atomic E-state index is -5.12. The van der Waals surface area contributed by atoms with Crippen LogP contribution in [0.3, 0.4) is 0 Å². The number of nitrogens with zero attached hydrogens (tertiary/aromatic N) is 5. The van der Waals surface area contributed by atoms with Gasteiger partial charge in [-0.1, -0.05) is 11.6 Å². The van der Waals surface area contributed by atoms with Gasteiger partial charge in [-0.2, -0.15) is 14.3 Å². The molecule has 3 unspecified atom stereocenters. The maximum atomic E-state index is 12.5. The quantitative estimate of drug-likeness (QED) is 0.174. The van der Waals surface area contributed by atoms with E-state index in [1.54, 1.807) is 29.2 Å². The molecule has 0 amide bonds. The Labute approximate surface area is 249 Å². The van der Waals surface area contributed by atoms with Crippen LogP contribution in [0.2, 0.25) is 5.02 Å². The molecule has 6 N–H and O–H groups in total. The molecule has 0 spiro atoms. The first-order valence-electron chi connectivity index (χ1n) is 12.8. The third kappa shape index (κ3) is 6.97. The van der Waals surface area contributed by atoms with E-state index in [9.17, 15) is 29.1 Å². The van der Waals surface area contributed by atoms with Gasteiger partial charge in [0.05, 0.1) is 18.8 Å². The Morgan fingerprint density at radius 2 is 1.95 bits per heavy atom. The number of aliphatic hydroxyl groups excluding tert-OH is 1. The van der Waals surface area contributed by atoms with E-state index >= 15 is 0 Å². The van der Waals surface area contributed by atoms with Crippen molar-refractivity contribution in [2.75, 3.05) is 37.5 Å². The molecule has 1 aromatic carbocycles. The van der Waals surface area contributed by atoms with Gasteiger partial charge in [0.15, 0.2) is 6.23 Å². The van der Waals surface area contributed by atoms with Crippen molar-refractivity contribution in [3.8, 4) is 11.6 Å². The highest BCUT2D eigenvalue weighted by Gasteiger charge is 2.51. The topological polar surface area (TPSA) is 234 Å². The number of aromatic hydroxyl groups is 1. The van der Waals surface area contributed by atoms with E-state index in [-0.39, 0.29) is 36.7 Å². The van der Waals surface area contributed by atoms with E-state index in [2.05, 4.69) is 19.3 Å². The van der Waals surface area contributed by atoms with Gasteiger partial charge in [0.25, 0.3) is 0 Å². The predicted molar refractivity (Wildman–Crippen MR) is 150 cm³/mol. The number of rotatable bonds is 12. The summed E-state index contributed by atoms with van der Waals surface area (Å²) in [6, 6.07) is 6.85. The smallest absolute Gasteiger partial charge is 0.480 e. The van der Waals surface area contributed by atoms with E-state index in [1.165, 1.54) is 13.3 Å². The van der Waals surface area contributed by atoms with E-state index in [4.69, 9.17) is 36.1 Å². The minimum Gasteiger partial charge on any atom is -0.494 e. The summed E-state index contributed by atoms with van der Waals surface area (Å²) < 4.78 is 52.1. The van der Waals surface area contributed by atoms with Crippen molar-refractivity contribution in [2.24, 2.45) is 0 Å². The summed E-state index contributed by atoms with van der Waals surface area (Å²) in [5.41, 5.74) is 6.22. The number of fused-ring (bicyclic) bond motifs is 1. The van der Waals surface area contributed by atoms with Crippen molar-refractivity contribution in [2.45, 2.75) is 36.9 Å². The first-order chi connectivity index (χ1) is 20.4. The second kappa shape index (κ2) is 12.7. The highest BCUT2D eigenvalue weighted by molar-refractivity contribution is 7.63. The molecule has 0 radical (unpaired) electrons. The number of methoxy groups -OCH3 is 1. The zero-order valence-electron chi connectivity index (χ0n) is 22.5. The van der Waals surface area contributed by atoms with Gasteiger partial charge in [-0.05, 0) is 30.7 Å². The lowest BCUT2D eigenvalue weighted by atomic mass is 10.0. The third-order valence-electron chi connectivity index (χ3n) is 6.85. The Morgan fingerprint density at radius 1 is 1.21 bits per heavy atom. The number of aliphatic hydroxyl groups is 1. The zero-order valence-corrected chi connectivity index (χ0v) is 25.0. The number of phosphoric acid groups is 1. The SMILES string of the molecule is CO[C@@H]1[C@H](O)[C@@H](COP(=O)(O)OP(=O)(O)n2ccnc2)O[C@H]1N1CC(CCOc2ccc(Cl)cc2)c2c(O)nc(N)nc21. The number of halogens is 1. The first-order valence-corrected chi connectivity index (χ1v) is 16.2. The molecule has 17 nitrogen and oxygen atoms in total. The van der Waals surface area contributed by atoms with Crippen molar-refractivity contribution >= 4 is 38.9 Å².